The molecule has 0 saturated carbocycles. The highest BCUT2D eigenvalue weighted by Crippen LogP contribution is 2.10. The molecule has 1 N–H and O–H groups in total. The summed E-state index contributed by atoms with van der Waals surface area (Å²) in [7, 11) is 2.05. The quantitative estimate of drug-likeness (QED) is 0.682. The lowest BCUT2D eigenvalue weighted by Crippen LogP contribution is -2.24. The van der Waals surface area contributed by atoms with Gasteiger partial charge in [-0.05, 0) is 37.6 Å². The maximum atomic E-state index is 5.35. The Bertz CT molecular complexity index is 331. The van der Waals surface area contributed by atoms with Crippen LogP contribution in [0.1, 0.15) is 25.8 Å². The highest BCUT2D eigenvalue weighted by atomic mass is 16.5. The molecule has 4 heteroatoms. The largest absolute Gasteiger partial charge is 0.380 e. The number of ether oxygens (including phenoxy) is 1. The van der Waals surface area contributed by atoms with Crippen LogP contribution in [0.25, 0.3) is 0 Å². The number of nitrogens with zero attached hydrogens (tertiary/aromatic N) is 2. The topological polar surface area (TPSA) is 37.4 Å². The molecule has 18 heavy (non-hydrogen) atoms. The van der Waals surface area contributed by atoms with E-state index in [1.165, 1.54) is 5.56 Å². The summed E-state index contributed by atoms with van der Waals surface area (Å²) in [6.45, 7) is 8.52. The first-order valence-electron chi connectivity index (χ1n) is 6.72. The predicted octanol–water partition coefficient (Wildman–Crippen LogP) is 2.05. The molecule has 0 atom stereocenters. The van der Waals surface area contributed by atoms with Gasteiger partial charge in [-0.2, -0.15) is 0 Å². The molecule has 0 aliphatic carbocycles. The van der Waals surface area contributed by atoms with Gasteiger partial charge in [-0.25, -0.2) is 4.98 Å². The van der Waals surface area contributed by atoms with Gasteiger partial charge in [0, 0.05) is 32.9 Å². The molecule has 4 nitrogen and oxygen atoms in total. The van der Waals surface area contributed by atoms with Crippen LogP contribution in [-0.4, -0.2) is 38.3 Å². The van der Waals surface area contributed by atoms with E-state index >= 15 is 0 Å². The van der Waals surface area contributed by atoms with Crippen LogP contribution in [0.5, 0.6) is 0 Å². The maximum absolute atomic E-state index is 5.35. The summed E-state index contributed by atoms with van der Waals surface area (Å²) in [5, 5.41) is 3.40. The molecule has 0 aliphatic heterocycles. The Morgan fingerprint density at radius 2 is 2.22 bits per heavy atom. The van der Waals surface area contributed by atoms with E-state index in [9.17, 15) is 0 Å². The molecule has 0 spiro atoms. The highest BCUT2D eigenvalue weighted by Gasteiger charge is 2.03. The summed E-state index contributed by atoms with van der Waals surface area (Å²) in [5.41, 5.74) is 1.27. The zero-order chi connectivity index (χ0) is 13.2. The number of pyridine rings is 1. The van der Waals surface area contributed by atoms with Gasteiger partial charge in [-0.15, -0.1) is 0 Å². The summed E-state index contributed by atoms with van der Waals surface area (Å²) in [5.74, 6) is 1.01. The van der Waals surface area contributed by atoms with E-state index in [4.69, 9.17) is 4.74 Å². The lowest BCUT2D eigenvalue weighted by atomic mass is 10.2. The van der Waals surface area contributed by atoms with Crippen LogP contribution in [-0.2, 0) is 11.3 Å². The average molecular weight is 251 g/mol. The van der Waals surface area contributed by atoms with Gasteiger partial charge in [0.05, 0.1) is 6.61 Å². The van der Waals surface area contributed by atoms with E-state index in [1.807, 2.05) is 20.2 Å². The van der Waals surface area contributed by atoms with Crippen molar-refractivity contribution >= 4 is 5.82 Å². The van der Waals surface area contributed by atoms with Crippen molar-refractivity contribution < 1.29 is 4.74 Å². The van der Waals surface area contributed by atoms with E-state index in [0.29, 0.717) is 0 Å². The van der Waals surface area contributed by atoms with Gasteiger partial charge in [0.2, 0.25) is 0 Å². The monoisotopic (exact) mass is 251 g/mol. The van der Waals surface area contributed by atoms with Crippen molar-refractivity contribution in [2.75, 3.05) is 38.3 Å². The number of rotatable bonds is 9. The van der Waals surface area contributed by atoms with Gasteiger partial charge >= 0.3 is 0 Å². The Balaban J connectivity index is 2.47. The average Bonchev–Trinajstić information content (AvgIpc) is 2.39. The first-order valence-corrected chi connectivity index (χ1v) is 6.72. The van der Waals surface area contributed by atoms with Crippen LogP contribution in [0.2, 0.25) is 0 Å². The summed E-state index contributed by atoms with van der Waals surface area (Å²) in [4.78, 5) is 6.51. The molecular weight excluding hydrogens is 226 g/mol. The minimum absolute atomic E-state index is 0.743. The molecule has 0 aliphatic rings. The molecule has 1 rings (SSSR count). The van der Waals surface area contributed by atoms with Crippen molar-refractivity contribution in [2.24, 2.45) is 0 Å². The van der Waals surface area contributed by atoms with Gasteiger partial charge < -0.3 is 15.0 Å². The van der Waals surface area contributed by atoms with Crippen molar-refractivity contribution in [1.29, 1.82) is 0 Å². The molecule has 1 aromatic heterocycles. The molecule has 0 amide bonds. The standard InChI is InChI=1S/C14H25N3O/c1-4-7-15-12-13-6-8-16-14(11-13)17(3)9-10-18-5-2/h6,8,11,15H,4-5,7,9-10,12H2,1-3H3. The third-order valence-corrected chi connectivity index (χ3v) is 2.73. The van der Waals surface area contributed by atoms with E-state index in [0.717, 1.165) is 45.1 Å². The lowest BCUT2D eigenvalue weighted by Gasteiger charge is -2.18. The first kappa shape index (κ1) is 14.9. The van der Waals surface area contributed by atoms with Gasteiger partial charge in [0.25, 0.3) is 0 Å². The fourth-order valence-corrected chi connectivity index (χ4v) is 1.65. The molecular formula is C14H25N3O. The van der Waals surface area contributed by atoms with Crippen LogP contribution in [0.15, 0.2) is 18.3 Å². The van der Waals surface area contributed by atoms with Crippen LogP contribution in [0.4, 0.5) is 5.82 Å². The Hall–Kier alpha value is -1.13. The second kappa shape index (κ2) is 8.89. The fraction of sp³-hybridized carbons (Fsp3) is 0.643. The van der Waals surface area contributed by atoms with Crippen molar-refractivity contribution in [2.45, 2.75) is 26.8 Å². The van der Waals surface area contributed by atoms with Gasteiger partial charge in [0.15, 0.2) is 0 Å². The number of likely N-dealkylation sites (N-methyl/N-ethyl adjacent to an activating group) is 1. The van der Waals surface area contributed by atoms with E-state index in [1.54, 1.807) is 0 Å². The van der Waals surface area contributed by atoms with E-state index in [2.05, 4.69) is 34.3 Å². The number of aromatic nitrogens is 1. The van der Waals surface area contributed by atoms with Gasteiger partial charge in [-0.3, -0.25) is 0 Å². The third-order valence-electron chi connectivity index (χ3n) is 2.73. The molecule has 0 aromatic carbocycles. The molecule has 0 radical (unpaired) electrons. The van der Waals surface area contributed by atoms with Crippen molar-refractivity contribution in [3.63, 3.8) is 0 Å². The minimum Gasteiger partial charge on any atom is -0.380 e. The van der Waals surface area contributed by atoms with Crippen molar-refractivity contribution in [3.8, 4) is 0 Å². The third kappa shape index (κ3) is 5.47. The Labute approximate surface area is 110 Å². The fourth-order valence-electron chi connectivity index (χ4n) is 1.65. The Kier molecular flexibility index (Phi) is 7.37. The molecule has 0 bridgehead atoms. The summed E-state index contributed by atoms with van der Waals surface area (Å²) < 4.78 is 5.35. The summed E-state index contributed by atoms with van der Waals surface area (Å²) in [6.07, 6.45) is 3.03. The van der Waals surface area contributed by atoms with E-state index < -0.39 is 0 Å². The minimum atomic E-state index is 0.743. The second-order valence-electron chi connectivity index (χ2n) is 4.32. The van der Waals surface area contributed by atoms with Crippen molar-refractivity contribution in [1.82, 2.24) is 10.3 Å². The van der Waals surface area contributed by atoms with Crippen LogP contribution in [0.3, 0.4) is 0 Å². The SMILES string of the molecule is CCCNCc1ccnc(N(C)CCOCC)c1. The number of nitrogens with one attached hydrogen (secondary N) is 1. The van der Waals surface area contributed by atoms with Gasteiger partial charge in [0.1, 0.15) is 5.82 Å². The molecule has 1 heterocycles. The predicted molar refractivity (Wildman–Crippen MR) is 76.0 cm³/mol. The number of hydrogen-bond donors (Lipinski definition) is 1. The maximum Gasteiger partial charge on any atom is 0.128 e. The number of anilines is 1. The molecule has 102 valence electrons. The zero-order valence-corrected chi connectivity index (χ0v) is 11.8. The summed E-state index contributed by atoms with van der Waals surface area (Å²) >= 11 is 0. The summed E-state index contributed by atoms with van der Waals surface area (Å²) in [6, 6.07) is 4.19. The zero-order valence-electron chi connectivity index (χ0n) is 11.8. The van der Waals surface area contributed by atoms with Gasteiger partial charge in [-0.1, -0.05) is 6.92 Å². The molecule has 0 saturated heterocycles. The van der Waals surface area contributed by atoms with Crippen LogP contribution < -0.4 is 10.2 Å². The van der Waals surface area contributed by atoms with Crippen molar-refractivity contribution in [3.05, 3.63) is 23.9 Å². The van der Waals surface area contributed by atoms with E-state index in [-0.39, 0.29) is 0 Å². The van der Waals surface area contributed by atoms with Crippen LogP contribution >= 0.6 is 0 Å². The molecule has 1 aromatic rings. The molecule has 0 fully saturated rings. The molecule has 0 unspecified atom stereocenters. The Morgan fingerprint density at radius 1 is 1.39 bits per heavy atom. The smallest absolute Gasteiger partial charge is 0.128 e. The highest BCUT2D eigenvalue weighted by molar-refractivity contribution is 5.39. The second-order valence-corrected chi connectivity index (χ2v) is 4.32. The normalized spacial score (nSPS) is 10.6. The lowest BCUT2D eigenvalue weighted by molar-refractivity contribution is 0.154. The Morgan fingerprint density at radius 3 is 2.94 bits per heavy atom. The number of hydrogen-bond acceptors (Lipinski definition) is 4. The van der Waals surface area contributed by atoms with Crippen LogP contribution in [0, 0.1) is 0 Å². The first-order chi connectivity index (χ1) is 8.77.